The highest BCUT2D eigenvalue weighted by Gasteiger charge is 2.12. The zero-order chi connectivity index (χ0) is 16.8. The summed E-state index contributed by atoms with van der Waals surface area (Å²) in [7, 11) is 0. The molecule has 0 spiro atoms. The van der Waals surface area contributed by atoms with Crippen LogP contribution in [0.2, 0.25) is 0 Å². The van der Waals surface area contributed by atoms with Crippen LogP contribution in [0.5, 0.6) is 0 Å². The average molecular weight is 349 g/mol. The Labute approximate surface area is 142 Å². The van der Waals surface area contributed by atoms with E-state index >= 15 is 0 Å². The summed E-state index contributed by atoms with van der Waals surface area (Å²) in [5.41, 5.74) is 2.95. The van der Waals surface area contributed by atoms with E-state index in [-0.39, 0.29) is 11.6 Å². The smallest absolute Gasteiger partial charge is 0.269 e. The molecular formula is C16H13ClN2O3S. The van der Waals surface area contributed by atoms with E-state index < -0.39 is 4.92 Å². The zero-order valence-corrected chi connectivity index (χ0v) is 13.7. The van der Waals surface area contributed by atoms with Gasteiger partial charge in [0.1, 0.15) is 0 Å². The number of nitro groups is 1. The highest BCUT2D eigenvalue weighted by molar-refractivity contribution is 8.04. The Morgan fingerprint density at radius 3 is 2.30 bits per heavy atom. The maximum absolute atomic E-state index is 12.2. The average Bonchev–Trinajstić information content (AvgIpc) is 2.55. The van der Waals surface area contributed by atoms with Crippen LogP contribution in [0.4, 0.5) is 11.4 Å². The van der Waals surface area contributed by atoms with Crippen molar-refractivity contribution in [1.29, 1.82) is 0 Å². The van der Waals surface area contributed by atoms with E-state index in [1.165, 1.54) is 17.7 Å². The molecule has 0 aliphatic carbocycles. The molecule has 23 heavy (non-hydrogen) atoms. The number of halogens is 1. The van der Waals surface area contributed by atoms with Crippen LogP contribution in [0, 0.1) is 17.0 Å². The van der Waals surface area contributed by atoms with Gasteiger partial charge in [-0.05, 0) is 31.2 Å². The molecule has 1 N–H and O–H groups in total. The Bertz CT molecular complexity index is 743. The summed E-state index contributed by atoms with van der Waals surface area (Å²) in [5, 5.41) is 13.4. The van der Waals surface area contributed by atoms with Crippen LogP contribution < -0.4 is 5.32 Å². The zero-order valence-electron chi connectivity index (χ0n) is 12.2. The molecule has 0 aromatic heterocycles. The Balaban J connectivity index is 2.05. The largest absolute Gasteiger partial charge is 0.322 e. The molecule has 2 rings (SSSR count). The SMILES string of the molecule is Cc1ccc(NC(=O)/C(=C/Cl)Sc2ccc([N+](=O)[O-])cc2)cc1. The molecule has 5 nitrogen and oxygen atoms in total. The van der Waals surface area contributed by atoms with Crippen LogP contribution in [0.3, 0.4) is 0 Å². The van der Waals surface area contributed by atoms with Gasteiger partial charge in [-0.15, -0.1) is 0 Å². The first kappa shape index (κ1) is 17.1. The second kappa shape index (κ2) is 7.80. The lowest BCUT2D eigenvalue weighted by Crippen LogP contribution is -2.12. The molecule has 2 aromatic rings. The molecule has 0 bridgehead atoms. The van der Waals surface area contributed by atoms with Crippen molar-refractivity contribution in [2.24, 2.45) is 0 Å². The molecule has 0 aliphatic rings. The predicted molar refractivity (Wildman–Crippen MR) is 92.7 cm³/mol. The Morgan fingerprint density at radius 2 is 1.78 bits per heavy atom. The predicted octanol–water partition coefficient (Wildman–Crippen LogP) is 4.71. The molecule has 0 unspecified atom stereocenters. The van der Waals surface area contributed by atoms with Gasteiger partial charge in [-0.1, -0.05) is 41.1 Å². The van der Waals surface area contributed by atoms with Gasteiger partial charge in [-0.3, -0.25) is 14.9 Å². The van der Waals surface area contributed by atoms with E-state index in [0.29, 0.717) is 15.5 Å². The van der Waals surface area contributed by atoms with Crippen molar-refractivity contribution >= 4 is 40.6 Å². The minimum atomic E-state index is -0.475. The Hall–Kier alpha value is -2.31. The van der Waals surface area contributed by atoms with Crippen LogP contribution in [-0.4, -0.2) is 10.8 Å². The van der Waals surface area contributed by atoms with Gasteiger partial charge in [-0.25, -0.2) is 0 Å². The van der Waals surface area contributed by atoms with Gasteiger partial charge in [0.15, 0.2) is 0 Å². The first-order valence-electron chi connectivity index (χ1n) is 6.60. The number of benzene rings is 2. The lowest BCUT2D eigenvalue weighted by molar-refractivity contribution is -0.384. The molecule has 2 aromatic carbocycles. The van der Waals surface area contributed by atoms with E-state index in [0.717, 1.165) is 17.3 Å². The van der Waals surface area contributed by atoms with Crippen molar-refractivity contribution in [3.05, 3.63) is 74.6 Å². The van der Waals surface area contributed by atoms with Gasteiger partial charge in [0.05, 0.1) is 9.83 Å². The highest BCUT2D eigenvalue weighted by atomic mass is 35.5. The van der Waals surface area contributed by atoms with Crippen LogP contribution >= 0.6 is 23.4 Å². The minimum absolute atomic E-state index is 0.00476. The lowest BCUT2D eigenvalue weighted by Gasteiger charge is -2.08. The van der Waals surface area contributed by atoms with Crippen LogP contribution in [0.25, 0.3) is 0 Å². The molecule has 0 atom stereocenters. The van der Waals surface area contributed by atoms with Crippen molar-refractivity contribution in [3.8, 4) is 0 Å². The maximum atomic E-state index is 12.2. The monoisotopic (exact) mass is 348 g/mol. The topological polar surface area (TPSA) is 72.2 Å². The van der Waals surface area contributed by atoms with Crippen molar-refractivity contribution in [2.75, 3.05) is 5.32 Å². The quantitative estimate of drug-likeness (QED) is 0.367. The molecule has 0 heterocycles. The molecule has 1 amide bonds. The molecule has 0 fully saturated rings. The third-order valence-electron chi connectivity index (χ3n) is 2.91. The van der Waals surface area contributed by atoms with Gasteiger partial charge < -0.3 is 5.32 Å². The van der Waals surface area contributed by atoms with Crippen molar-refractivity contribution in [2.45, 2.75) is 11.8 Å². The second-order valence-electron chi connectivity index (χ2n) is 4.65. The number of aryl methyl sites for hydroxylation is 1. The van der Waals surface area contributed by atoms with Gasteiger partial charge in [0.2, 0.25) is 0 Å². The summed E-state index contributed by atoms with van der Waals surface area (Å²) in [5.74, 6) is -0.341. The highest BCUT2D eigenvalue weighted by Crippen LogP contribution is 2.29. The molecular weight excluding hydrogens is 336 g/mol. The molecule has 0 aliphatic heterocycles. The molecule has 7 heteroatoms. The molecule has 118 valence electrons. The van der Waals surface area contributed by atoms with Gasteiger partial charge in [0.25, 0.3) is 11.6 Å². The van der Waals surface area contributed by atoms with Gasteiger partial charge in [0, 0.05) is 28.3 Å². The maximum Gasteiger partial charge on any atom is 0.269 e. The molecule has 0 radical (unpaired) electrons. The van der Waals surface area contributed by atoms with Gasteiger partial charge >= 0.3 is 0 Å². The minimum Gasteiger partial charge on any atom is -0.322 e. The van der Waals surface area contributed by atoms with Crippen LogP contribution in [-0.2, 0) is 4.79 Å². The van der Waals surface area contributed by atoms with Crippen molar-refractivity contribution in [1.82, 2.24) is 0 Å². The van der Waals surface area contributed by atoms with Crippen molar-refractivity contribution < 1.29 is 9.72 Å². The van der Waals surface area contributed by atoms with E-state index in [1.807, 2.05) is 19.1 Å². The van der Waals surface area contributed by atoms with E-state index in [2.05, 4.69) is 5.32 Å². The fourth-order valence-electron chi connectivity index (χ4n) is 1.71. The van der Waals surface area contributed by atoms with E-state index in [4.69, 9.17) is 11.6 Å². The van der Waals surface area contributed by atoms with Gasteiger partial charge in [-0.2, -0.15) is 0 Å². The summed E-state index contributed by atoms with van der Waals surface area (Å²) in [6, 6.07) is 13.3. The standard InChI is InChI=1S/C16H13ClN2O3S/c1-11-2-4-12(5-3-11)18-16(20)15(10-17)23-14-8-6-13(7-9-14)19(21)22/h2-10H,1H3,(H,18,20)/b15-10-. The third kappa shape index (κ3) is 4.84. The number of carbonyl (C=O) groups is 1. The summed E-state index contributed by atoms with van der Waals surface area (Å²) >= 11 is 6.87. The number of hydrogen-bond donors (Lipinski definition) is 1. The normalized spacial score (nSPS) is 11.1. The Morgan fingerprint density at radius 1 is 1.17 bits per heavy atom. The van der Waals surface area contributed by atoms with E-state index in [1.54, 1.807) is 24.3 Å². The van der Waals surface area contributed by atoms with E-state index in [9.17, 15) is 14.9 Å². The summed E-state index contributed by atoms with van der Waals surface area (Å²) in [4.78, 5) is 23.3. The summed E-state index contributed by atoms with van der Waals surface area (Å²) < 4.78 is 0. The fraction of sp³-hybridized carbons (Fsp3) is 0.0625. The Kier molecular flexibility index (Phi) is 5.78. The van der Waals surface area contributed by atoms with Crippen LogP contribution in [0.15, 0.2) is 63.9 Å². The third-order valence-corrected chi connectivity index (χ3v) is 4.29. The number of nitrogens with zero attached hydrogens (tertiary/aromatic N) is 1. The van der Waals surface area contributed by atoms with Crippen LogP contribution in [0.1, 0.15) is 5.56 Å². The fourth-order valence-corrected chi connectivity index (χ4v) is 2.66. The number of rotatable bonds is 5. The number of nitrogens with one attached hydrogen (secondary N) is 1. The molecule has 0 saturated carbocycles. The van der Waals surface area contributed by atoms with Crippen molar-refractivity contribution in [3.63, 3.8) is 0 Å². The number of hydrogen-bond acceptors (Lipinski definition) is 4. The first-order valence-corrected chi connectivity index (χ1v) is 7.85. The number of amides is 1. The number of thioether (sulfide) groups is 1. The number of carbonyl (C=O) groups excluding carboxylic acids is 1. The first-order chi connectivity index (χ1) is 11.0. The summed E-state index contributed by atoms with van der Waals surface area (Å²) in [6.07, 6.45) is 0. The number of non-ortho nitro benzene ring substituents is 1. The lowest BCUT2D eigenvalue weighted by atomic mass is 10.2. The second-order valence-corrected chi connectivity index (χ2v) is 5.98. The molecule has 0 saturated heterocycles. The summed E-state index contributed by atoms with van der Waals surface area (Å²) in [6.45, 7) is 1.96. The number of nitro benzene ring substituents is 1. The number of anilines is 1.